The highest BCUT2D eigenvalue weighted by atomic mass is 16.5. The molecule has 0 spiro atoms. The maximum atomic E-state index is 6.54. The van der Waals surface area contributed by atoms with Gasteiger partial charge in [-0.3, -0.25) is 4.98 Å². The van der Waals surface area contributed by atoms with E-state index in [1.54, 1.807) is 11.1 Å². The molecule has 0 saturated carbocycles. The summed E-state index contributed by atoms with van der Waals surface area (Å²) in [4.78, 5) is 4.16. The van der Waals surface area contributed by atoms with Gasteiger partial charge in [0, 0.05) is 12.4 Å². The number of benzene rings is 2. The molecule has 0 saturated heterocycles. The Labute approximate surface area is 175 Å². The van der Waals surface area contributed by atoms with E-state index in [9.17, 15) is 0 Å². The van der Waals surface area contributed by atoms with Crippen molar-refractivity contribution in [2.24, 2.45) is 5.92 Å². The van der Waals surface area contributed by atoms with E-state index in [4.69, 9.17) is 4.74 Å². The standard InChI is InChI=1S/C27H31NO/c1-21(8-7-9-22-14-15-23-10-5-6-13-26(23)20-22)29-27(24-11-3-2-4-12-24)25-16-18-28-19-17-25/h2-6,10-13,16-19,21-22,27H,7-9,14-15,20H2,1H3. The molecule has 0 N–H and O–H groups in total. The van der Waals surface area contributed by atoms with Gasteiger partial charge >= 0.3 is 0 Å². The van der Waals surface area contributed by atoms with Gasteiger partial charge in [-0.1, -0.05) is 67.4 Å². The van der Waals surface area contributed by atoms with E-state index in [-0.39, 0.29) is 12.2 Å². The molecule has 1 aromatic heterocycles. The smallest absolute Gasteiger partial charge is 0.108 e. The predicted octanol–water partition coefficient (Wildman–Crippen LogP) is 6.55. The van der Waals surface area contributed by atoms with Crippen LogP contribution >= 0.6 is 0 Å². The molecule has 0 radical (unpaired) electrons. The lowest BCUT2D eigenvalue weighted by Crippen LogP contribution is -2.17. The van der Waals surface area contributed by atoms with Crippen molar-refractivity contribution in [1.29, 1.82) is 0 Å². The molecule has 0 aliphatic heterocycles. The summed E-state index contributed by atoms with van der Waals surface area (Å²) >= 11 is 0. The van der Waals surface area contributed by atoms with Crippen LogP contribution < -0.4 is 0 Å². The third-order valence-corrected chi connectivity index (χ3v) is 6.15. The van der Waals surface area contributed by atoms with Gasteiger partial charge in [-0.25, -0.2) is 0 Å². The van der Waals surface area contributed by atoms with E-state index in [2.05, 4.69) is 78.6 Å². The first kappa shape index (κ1) is 19.8. The second kappa shape index (κ2) is 9.84. The first-order valence-electron chi connectivity index (χ1n) is 11.0. The maximum Gasteiger partial charge on any atom is 0.108 e. The zero-order valence-electron chi connectivity index (χ0n) is 17.3. The Hall–Kier alpha value is -2.45. The fraction of sp³-hybridized carbons (Fsp3) is 0.370. The van der Waals surface area contributed by atoms with Gasteiger partial charge < -0.3 is 4.74 Å². The molecule has 2 aromatic carbocycles. The molecule has 0 fully saturated rings. The zero-order chi connectivity index (χ0) is 19.9. The molecule has 150 valence electrons. The van der Waals surface area contributed by atoms with Crippen LogP contribution in [0, 0.1) is 5.92 Å². The molecule has 29 heavy (non-hydrogen) atoms. The van der Waals surface area contributed by atoms with Crippen LogP contribution in [-0.4, -0.2) is 11.1 Å². The number of hydrogen-bond donors (Lipinski definition) is 0. The highest BCUT2D eigenvalue weighted by Gasteiger charge is 2.20. The molecule has 1 aliphatic rings. The van der Waals surface area contributed by atoms with Crippen LogP contribution in [0.15, 0.2) is 79.1 Å². The summed E-state index contributed by atoms with van der Waals surface area (Å²) < 4.78 is 6.54. The number of pyridine rings is 1. The van der Waals surface area contributed by atoms with E-state index in [0.717, 1.165) is 12.3 Å². The number of hydrogen-bond acceptors (Lipinski definition) is 2. The van der Waals surface area contributed by atoms with Gasteiger partial charge in [0.2, 0.25) is 0 Å². The predicted molar refractivity (Wildman–Crippen MR) is 119 cm³/mol. The monoisotopic (exact) mass is 385 g/mol. The summed E-state index contributed by atoms with van der Waals surface area (Å²) in [7, 11) is 0. The molecule has 3 unspecified atom stereocenters. The Morgan fingerprint density at radius 1 is 0.897 bits per heavy atom. The third-order valence-electron chi connectivity index (χ3n) is 6.15. The number of ether oxygens (including phenoxy) is 1. The molecule has 3 aromatic rings. The minimum absolute atomic E-state index is 0.0317. The molecule has 3 atom stereocenters. The normalized spacial score (nSPS) is 18.0. The zero-order valence-corrected chi connectivity index (χ0v) is 17.3. The summed E-state index contributed by atoms with van der Waals surface area (Å²) in [6.07, 6.45) is 11.3. The van der Waals surface area contributed by atoms with Gasteiger partial charge in [0.15, 0.2) is 0 Å². The number of fused-ring (bicyclic) bond motifs is 1. The Morgan fingerprint density at radius 3 is 2.38 bits per heavy atom. The second-order valence-corrected chi connectivity index (χ2v) is 8.33. The number of nitrogens with zero attached hydrogens (tertiary/aromatic N) is 1. The van der Waals surface area contributed by atoms with Crippen molar-refractivity contribution < 1.29 is 4.74 Å². The van der Waals surface area contributed by atoms with Crippen LogP contribution in [0.1, 0.15) is 61.0 Å². The van der Waals surface area contributed by atoms with Gasteiger partial charge in [-0.05, 0) is 72.9 Å². The molecule has 1 aliphatic carbocycles. The fourth-order valence-electron chi connectivity index (χ4n) is 4.53. The van der Waals surface area contributed by atoms with Crippen LogP contribution in [-0.2, 0) is 17.6 Å². The minimum Gasteiger partial charge on any atom is -0.366 e. The number of aromatic nitrogens is 1. The van der Waals surface area contributed by atoms with Crippen LogP contribution in [0.4, 0.5) is 0 Å². The van der Waals surface area contributed by atoms with Crippen molar-refractivity contribution in [3.63, 3.8) is 0 Å². The Kier molecular flexibility index (Phi) is 6.74. The molecular weight excluding hydrogens is 354 g/mol. The lowest BCUT2D eigenvalue weighted by molar-refractivity contribution is 0.0126. The van der Waals surface area contributed by atoms with Crippen molar-refractivity contribution in [2.45, 2.75) is 57.7 Å². The van der Waals surface area contributed by atoms with Gasteiger partial charge in [0.05, 0.1) is 6.10 Å². The molecular formula is C27H31NO. The van der Waals surface area contributed by atoms with Crippen molar-refractivity contribution in [1.82, 2.24) is 4.98 Å². The molecule has 4 rings (SSSR count). The number of rotatable bonds is 8. The summed E-state index contributed by atoms with van der Waals surface area (Å²) in [5, 5.41) is 0. The Bertz CT molecular complexity index is 838. The first-order valence-corrected chi connectivity index (χ1v) is 11.0. The molecule has 0 bridgehead atoms. The topological polar surface area (TPSA) is 22.1 Å². The lowest BCUT2D eigenvalue weighted by Gasteiger charge is -2.26. The van der Waals surface area contributed by atoms with Gasteiger partial charge in [0.25, 0.3) is 0 Å². The Morgan fingerprint density at radius 2 is 1.59 bits per heavy atom. The van der Waals surface area contributed by atoms with Crippen molar-refractivity contribution in [3.8, 4) is 0 Å². The average Bonchev–Trinajstić information content (AvgIpc) is 2.78. The van der Waals surface area contributed by atoms with Crippen LogP contribution in [0.25, 0.3) is 0 Å². The summed E-state index contributed by atoms with van der Waals surface area (Å²) in [6, 6.07) is 23.6. The second-order valence-electron chi connectivity index (χ2n) is 8.33. The highest BCUT2D eigenvalue weighted by Crippen LogP contribution is 2.31. The number of aryl methyl sites for hydroxylation is 1. The van der Waals surface area contributed by atoms with E-state index in [1.165, 1.54) is 43.2 Å². The first-order chi connectivity index (χ1) is 14.3. The van der Waals surface area contributed by atoms with E-state index < -0.39 is 0 Å². The maximum absolute atomic E-state index is 6.54. The van der Waals surface area contributed by atoms with E-state index in [1.807, 2.05) is 12.4 Å². The minimum atomic E-state index is -0.0317. The average molecular weight is 386 g/mol. The summed E-state index contributed by atoms with van der Waals surface area (Å²) in [5.74, 6) is 0.821. The fourth-order valence-corrected chi connectivity index (χ4v) is 4.53. The summed E-state index contributed by atoms with van der Waals surface area (Å²) in [5.41, 5.74) is 5.50. The van der Waals surface area contributed by atoms with Crippen molar-refractivity contribution >= 4 is 0 Å². The van der Waals surface area contributed by atoms with Gasteiger partial charge in [0.1, 0.15) is 6.10 Å². The third kappa shape index (κ3) is 5.33. The Balaban J connectivity index is 1.31. The van der Waals surface area contributed by atoms with Crippen LogP contribution in [0.5, 0.6) is 0 Å². The van der Waals surface area contributed by atoms with Crippen LogP contribution in [0.3, 0.4) is 0 Å². The highest BCUT2D eigenvalue weighted by molar-refractivity contribution is 5.30. The SMILES string of the molecule is CC(CCCC1CCc2ccccc2C1)OC(c1ccccc1)c1ccncc1. The molecule has 1 heterocycles. The molecule has 2 nitrogen and oxygen atoms in total. The van der Waals surface area contributed by atoms with Gasteiger partial charge in [-0.2, -0.15) is 0 Å². The van der Waals surface area contributed by atoms with Crippen molar-refractivity contribution in [3.05, 3.63) is 101 Å². The summed E-state index contributed by atoms with van der Waals surface area (Å²) in [6.45, 7) is 2.22. The lowest BCUT2D eigenvalue weighted by atomic mass is 9.81. The van der Waals surface area contributed by atoms with E-state index in [0.29, 0.717) is 0 Å². The molecule has 2 heteroatoms. The van der Waals surface area contributed by atoms with E-state index >= 15 is 0 Å². The largest absolute Gasteiger partial charge is 0.366 e. The van der Waals surface area contributed by atoms with Gasteiger partial charge in [-0.15, -0.1) is 0 Å². The molecule has 0 amide bonds. The van der Waals surface area contributed by atoms with Crippen molar-refractivity contribution in [2.75, 3.05) is 0 Å². The quantitative estimate of drug-likeness (QED) is 0.438. The van der Waals surface area contributed by atoms with Crippen LogP contribution in [0.2, 0.25) is 0 Å².